The van der Waals surface area contributed by atoms with Crippen LogP contribution in [0.3, 0.4) is 0 Å². The van der Waals surface area contributed by atoms with E-state index in [-0.39, 0.29) is 32.5 Å². The van der Waals surface area contributed by atoms with Gasteiger partial charge in [0.05, 0.1) is 5.41 Å². The third-order valence-electron chi connectivity index (χ3n) is 26.6. The summed E-state index contributed by atoms with van der Waals surface area (Å²) in [7, 11) is 0. The van der Waals surface area contributed by atoms with Gasteiger partial charge in [-0.05, 0) is 130 Å². The highest BCUT2D eigenvalue weighted by Crippen LogP contribution is 2.63. The average Bonchev–Trinajstić information content (AvgIpc) is 0.729. The normalized spacial score (nSPS) is 14.6. The number of benzene rings is 3. The summed E-state index contributed by atoms with van der Waals surface area (Å²) in [6.45, 7) is 113. The van der Waals surface area contributed by atoms with Gasteiger partial charge < -0.3 is 0 Å². The van der Waals surface area contributed by atoms with Crippen LogP contribution in [0.15, 0.2) is 91.0 Å². The second kappa shape index (κ2) is 34.7. The smallest absolute Gasteiger partial charge is 0.206 e. The van der Waals surface area contributed by atoms with Crippen LogP contribution in [0.25, 0.3) is 0 Å². The first-order valence-electron chi connectivity index (χ1n) is 39.2. The van der Waals surface area contributed by atoms with Crippen molar-refractivity contribution in [3.05, 3.63) is 108 Å². The van der Waals surface area contributed by atoms with Crippen LogP contribution in [-0.4, -0.2) is 12.1 Å². The zero-order valence-corrected chi connectivity index (χ0v) is 77.6. The van der Waals surface area contributed by atoms with Crippen LogP contribution in [0.2, 0.25) is 0 Å². The molecule has 0 nitrogen and oxygen atoms in total. The molecule has 0 spiro atoms. The van der Waals surface area contributed by atoms with Crippen LogP contribution in [0.4, 0.5) is 22.0 Å². The van der Waals surface area contributed by atoms with Crippen LogP contribution in [0.1, 0.15) is 390 Å². The van der Waals surface area contributed by atoms with Crippen LogP contribution in [-0.2, 0) is 10.8 Å². The summed E-state index contributed by atoms with van der Waals surface area (Å²) in [5.41, 5.74) is 3.31. The molecule has 0 radical (unpaired) electrons. The van der Waals surface area contributed by atoms with E-state index in [0.29, 0.717) is 60.6 Å². The molecule has 0 unspecified atom stereocenters. The minimum absolute atomic E-state index is 0.0392. The summed E-state index contributed by atoms with van der Waals surface area (Å²) in [5, 5.41) is 0. The van der Waals surface area contributed by atoms with Gasteiger partial charge in [-0.3, -0.25) is 0 Å². The van der Waals surface area contributed by atoms with Gasteiger partial charge in [-0.25, -0.2) is 8.78 Å². The Hall–Kier alpha value is -2.69. The minimum Gasteiger partial charge on any atom is -0.206 e. The van der Waals surface area contributed by atoms with Crippen LogP contribution in [0, 0.1) is 109 Å². The summed E-state index contributed by atoms with van der Waals surface area (Å²) < 4.78 is 66.2. The number of hydrogen-bond donors (Lipinski definition) is 0. The quantitative estimate of drug-likeness (QED) is 0.207. The first-order chi connectivity index (χ1) is 43.6. The maximum Gasteiger partial charge on any atom is 0.395 e. The van der Waals surface area contributed by atoms with Crippen LogP contribution in [0.5, 0.6) is 0 Å². The zero-order chi connectivity index (χ0) is 82.9. The van der Waals surface area contributed by atoms with Crippen molar-refractivity contribution >= 4 is 0 Å². The number of alkyl halides is 5. The summed E-state index contributed by atoms with van der Waals surface area (Å²) in [6, 6.07) is 32.9. The molecule has 0 aliphatic heterocycles. The molecule has 0 fully saturated rings. The molecule has 0 aromatic heterocycles. The summed E-state index contributed by atoms with van der Waals surface area (Å²) >= 11 is 0. The molecule has 0 bridgehead atoms. The van der Waals surface area contributed by atoms with Gasteiger partial charge in [-0.2, -0.15) is 13.2 Å². The second-order valence-electron chi connectivity index (χ2n) is 46.3. The molecule has 0 saturated heterocycles. The Morgan fingerprint density at radius 1 is 0.248 bits per heavy atom. The lowest BCUT2D eigenvalue weighted by molar-refractivity contribution is -0.286. The van der Waals surface area contributed by atoms with Gasteiger partial charge in [0.2, 0.25) is 0 Å². The maximum absolute atomic E-state index is 13.4. The molecule has 0 aliphatic carbocycles. The van der Waals surface area contributed by atoms with E-state index in [4.69, 9.17) is 0 Å². The van der Waals surface area contributed by atoms with Crippen LogP contribution >= 0.6 is 0 Å². The van der Waals surface area contributed by atoms with E-state index in [1.807, 2.05) is 0 Å². The van der Waals surface area contributed by atoms with Crippen molar-refractivity contribution in [1.29, 1.82) is 0 Å². The minimum atomic E-state index is -4.18. The zero-order valence-electron chi connectivity index (χ0n) is 77.6. The summed E-state index contributed by atoms with van der Waals surface area (Å²) in [5.74, 6) is -1.21. The van der Waals surface area contributed by atoms with E-state index in [2.05, 4.69) is 361 Å². The van der Waals surface area contributed by atoms with E-state index in [1.165, 1.54) is 36.5 Å². The highest BCUT2D eigenvalue weighted by atomic mass is 19.4. The lowest BCUT2D eigenvalue weighted by Crippen LogP contribution is -2.54. The second-order valence-corrected chi connectivity index (χ2v) is 46.3. The standard InChI is InChI=1S/C21H28.C16H26.C15H32.C13H28.C11H21F3.C11H24.C9H18F2/c1-19(2,3)21(20(4,5)6,17-13-9-7-10-14-17)18-15-11-8-12-16-18;1-14(2,3)16(7,15(4,5)6)13-11-9-8-10-12-13;1-11(2)15(12(3)4,13(5,6)7)14(8,9)10;1-9-13(10-2,11(3,4)5)12(6,7)8;1-8(2,3)10(7,9(4,5)6)11(12,13)14;1-9(2,3)11(7,8)10(4,5)6;1-7(2,3)9(10,11)8(4,5)6/h7-16H,1-6H3;8-12H,1-7H3;11-12H,1-10H3;9-10H2,1-8H3;1-7H3;1-8H3;1-6H3. The lowest BCUT2D eigenvalue weighted by atomic mass is 9.45. The Morgan fingerprint density at radius 3 is 0.545 bits per heavy atom. The average molecular weight is 1430 g/mol. The molecular formula is C96H177F5. The molecule has 0 saturated carbocycles. The van der Waals surface area contributed by atoms with Gasteiger partial charge in [-0.15, -0.1) is 0 Å². The topological polar surface area (TPSA) is 0 Å². The Labute approximate surface area is 631 Å². The summed E-state index contributed by atoms with van der Waals surface area (Å²) in [4.78, 5) is 0. The number of rotatable bonds is 7. The van der Waals surface area contributed by atoms with E-state index in [1.54, 1.807) is 83.1 Å². The molecule has 3 aromatic rings. The number of halogens is 5. The van der Waals surface area contributed by atoms with Crippen molar-refractivity contribution < 1.29 is 22.0 Å². The highest BCUT2D eigenvalue weighted by molar-refractivity contribution is 5.44. The molecule has 596 valence electrons. The van der Waals surface area contributed by atoms with Gasteiger partial charge in [-0.1, -0.05) is 444 Å². The Kier molecular flexibility index (Phi) is 35.9. The molecule has 3 rings (SSSR count). The van der Waals surface area contributed by atoms with Crippen molar-refractivity contribution in [2.24, 2.45) is 109 Å². The largest absolute Gasteiger partial charge is 0.395 e. The molecule has 5 heteroatoms. The monoisotopic (exact) mass is 1430 g/mol. The van der Waals surface area contributed by atoms with Crippen molar-refractivity contribution in [3.8, 4) is 0 Å². The van der Waals surface area contributed by atoms with Gasteiger partial charge in [0, 0.05) is 21.7 Å². The molecule has 0 heterocycles. The Morgan fingerprint density at radius 2 is 0.465 bits per heavy atom. The SMILES string of the molecule is CC(C)(C)C(C)(C(C)(C)C)C(F)(F)F.CC(C)(C)C(C)(C)C(C)(C)C.CC(C)(C)C(C)(c1ccccc1)C(C)(C)C.CC(C)(C)C(F)(F)C(C)(C)C.CC(C)(C)C(c1ccccc1)(c1ccccc1)C(C)(C)C.CC(C)C(C(C)C)(C(C)(C)C)C(C)(C)C.CCC(CC)(C(C)(C)C)C(C)(C)C. The van der Waals surface area contributed by atoms with Crippen molar-refractivity contribution in [2.75, 3.05) is 0 Å². The fourth-order valence-corrected chi connectivity index (χ4v) is 20.1. The van der Waals surface area contributed by atoms with Crippen LogP contribution < -0.4 is 0 Å². The maximum atomic E-state index is 13.4. The van der Waals surface area contributed by atoms with E-state index < -0.39 is 39.2 Å². The van der Waals surface area contributed by atoms with Gasteiger partial charge >= 0.3 is 6.18 Å². The van der Waals surface area contributed by atoms with E-state index in [9.17, 15) is 22.0 Å². The first kappa shape index (κ1) is 105. The predicted octanol–water partition coefficient (Wildman–Crippen LogP) is 33.8. The molecule has 0 atom stereocenters. The fraction of sp³-hybridized carbons (Fsp3) is 0.812. The Bertz CT molecular complexity index is 2550. The Balaban J connectivity index is -0.000000550. The first-order valence-corrected chi connectivity index (χ1v) is 39.2. The molecule has 0 aliphatic rings. The van der Waals surface area contributed by atoms with Crippen molar-refractivity contribution in [3.63, 3.8) is 0 Å². The van der Waals surface area contributed by atoms with Crippen molar-refractivity contribution in [1.82, 2.24) is 0 Å². The molecular weight excluding hydrogens is 1250 g/mol. The molecule has 101 heavy (non-hydrogen) atoms. The van der Waals surface area contributed by atoms with Gasteiger partial charge in [0.15, 0.2) is 0 Å². The van der Waals surface area contributed by atoms with Crippen molar-refractivity contribution in [2.45, 2.75) is 396 Å². The summed E-state index contributed by atoms with van der Waals surface area (Å²) in [6.07, 6.45) is -1.63. The number of hydrogen-bond acceptors (Lipinski definition) is 0. The third-order valence-corrected chi connectivity index (χ3v) is 26.6. The third kappa shape index (κ3) is 23.9. The lowest BCUT2D eigenvalue weighted by Gasteiger charge is -2.59. The van der Waals surface area contributed by atoms with Gasteiger partial charge in [0.25, 0.3) is 5.92 Å². The van der Waals surface area contributed by atoms with E-state index in [0.717, 1.165) is 0 Å². The van der Waals surface area contributed by atoms with Gasteiger partial charge in [0.1, 0.15) is 0 Å². The van der Waals surface area contributed by atoms with E-state index >= 15 is 0 Å². The molecule has 3 aromatic carbocycles. The predicted molar refractivity (Wildman–Crippen MR) is 448 cm³/mol. The fourth-order valence-electron chi connectivity index (χ4n) is 20.1. The molecule has 0 amide bonds. The molecule has 0 N–H and O–H groups in total. The highest BCUT2D eigenvalue weighted by Gasteiger charge is 2.64.